The summed E-state index contributed by atoms with van der Waals surface area (Å²) >= 11 is 5.76. The maximum Gasteiger partial charge on any atom is 0.262 e. The van der Waals surface area contributed by atoms with E-state index in [-0.39, 0.29) is 11.6 Å². The number of benzene rings is 1. The molecule has 2 aromatic heterocycles. The van der Waals surface area contributed by atoms with Gasteiger partial charge in [-0.1, -0.05) is 12.1 Å². The van der Waals surface area contributed by atoms with E-state index < -0.39 is 10.0 Å². The second-order valence-corrected chi connectivity index (χ2v) is 10.3. The molecule has 1 aliphatic rings. The number of aromatic nitrogens is 4. The van der Waals surface area contributed by atoms with Crippen LogP contribution in [0.2, 0.25) is 0 Å². The van der Waals surface area contributed by atoms with Crippen LogP contribution in [0.5, 0.6) is 0 Å². The van der Waals surface area contributed by atoms with E-state index in [1.165, 1.54) is 6.26 Å². The molecule has 1 aromatic carbocycles. The second kappa shape index (κ2) is 9.40. The van der Waals surface area contributed by atoms with Gasteiger partial charge in [0, 0.05) is 39.4 Å². The zero-order chi connectivity index (χ0) is 22.9. The number of likely N-dealkylation sites (tertiary alicyclic amines) is 1. The summed E-state index contributed by atoms with van der Waals surface area (Å²) in [5.41, 5.74) is 0.619. The Labute approximate surface area is 191 Å². The zero-order valence-electron chi connectivity index (χ0n) is 18.2. The zero-order valence-corrected chi connectivity index (χ0v) is 19.9. The minimum Gasteiger partial charge on any atom is -0.385 e. The van der Waals surface area contributed by atoms with Gasteiger partial charge in [-0.25, -0.2) is 17.8 Å². The predicted molar refractivity (Wildman–Crippen MR) is 125 cm³/mol. The van der Waals surface area contributed by atoms with Gasteiger partial charge in [0.15, 0.2) is 0 Å². The number of nitrogens with one attached hydrogen (secondary N) is 1. The average Bonchev–Trinajstić information content (AvgIpc) is 3.05. The summed E-state index contributed by atoms with van der Waals surface area (Å²) in [6.45, 7) is 2.82. The van der Waals surface area contributed by atoms with Gasteiger partial charge >= 0.3 is 0 Å². The fourth-order valence-corrected chi connectivity index (χ4v) is 5.38. The quantitative estimate of drug-likeness (QED) is 0.382. The van der Waals surface area contributed by atoms with Gasteiger partial charge < -0.3 is 4.74 Å². The van der Waals surface area contributed by atoms with Gasteiger partial charge in [0.2, 0.25) is 20.6 Å². The largest absolute Gasteiger partial charge is 0.385 e. The molecule has 3 heterocycles. The molecule has 0 saturated carbocycles. The highest BCUT2D eigenvalue weighted by molar-refractivity contribution is 7.88. The summed E-state index contributed by atoms with van der Waals surface area (Å²) < 4.78 is 36.8. The molecule has 0 spiro atoms. The van der Waals surface area contributed by atoms with E-state index in [4.69, 9.17) is 22.1 Å². The molecule has 1 fully saturated rings. The monoisotopic (exact) mass is 480 g/mol. The smallest absolute Gasteiger partial charge is 0.262 e. The number of rotatable bonds is 8. The van der Waals surface area contributed by atoms with Gasteiger partial charge in [0.1, 0.15) is 0 Å². The number of fused-ring (bicyclic) bond motifs is 3. The van der Waals surface area contributed by atoms with E-state index in [1.807, 2.05) is 22.6 Å². The van der Waals surface area contributed by atoms with Gasteiger partial charge in [0.05, 0.1) is 23.8 Å². The molecule has 3 aromatic rings. The first-order chi connectivity index (χ1) is 15.3. The highest BCUT2D eigenvalue weighted by Crippen LogP contribution is 2.16. The number of sulfonamides is 1. The van der Waals surface area contributed by atoms with E-state index in [1.54, 1.807) is 22.4 Å². The van der Waals surface area contributed by atoms with Crippen molar-refractivity contribution in [2.45, 2.75) is 38.5 Å². The number of aryl methyl sites for hydroxylation is 1. The molecule has 32 heavy (non-hydrogen) atoms. The van der Waals surface area contributed by atoms with Crippen LogP contribution in [0.25, 0.3) is 16.7 Å². The Bertz CT molecular complexity index is 1340. The van der Waals surface area contributed by atoms with E-state index >= 15 is 0 Å². The average molecular weight is 481 g/mol. The van der Waals surface area contributed by atoms with Crippen molar-refractivity contribution in [3.63, 3.8) is 0 Å². The minimum absolute atomic E-state index is 0.105. The molecule has 0 radical (unpaired) electrons. The van der Waals surface area contributed by atoms with E-state index in [0.717, 1.165) is 24.9 Å². The molecular formula is C20H28N6O4S2. The number of methoxy groups -OCH3 is 1. The third-order valence-corrected chi connectivity index (χ3v) is 6.79. The van der Waals surface area contributed by atoms with Crippen molar-refractivity contribution in [3.8, 4) is 0 Å². The maximum atomic E-state index is 13.2. The first-order valence-corrected chi connectivity index (χ1v) is 12.9. The summed E-state index contributed by atoms with van der Waals surface area (Å²) in [6, 6.07) is 7.25. The molecule has 0 amide bonds. The predicted octanol–water partition coefficient (Wildman–Crippen LogP) is 1.19. The van der Waals surface area contributed by atoms with Crippen LogP contribution in [0.4, 0.5) is 0 Å². The Hall–Kier alpha value is -2.12. The number of piperidine rings is 1. The van der Waals surface area contributed by atoms with Crippen LogP contribution in [-0.4, -0.2) is 71.2 Å². The summed E-state index contributed by atoms with van der Waals surface area (Å²) in [4.78, 5) is 15.3. The Morgan fingerprint density at radius 2 is 2.09 bits per heavy atom. The van der Waals surface area contributed by atoms with Crippen LogP contribution in [0.15, 0.2) is 29.1 Å². The number of para-hydroxylation sites is 1. The lowest BCUT2D eigenvalue weighted by atomic mass is 10.1. The van der Waals surface area contributed by atoms with Crippen molar-refractivity contribution < 1.29 is 13.2 Å². The maximum absolute atomic E-state index is 13.2. The first-order valence-electron chi connectivity index (χ1n) is 10.6. The minimum atomic E-state index is -3.27. The Balaban J connectivity index is 1.73. The molecule has 12 heteroatoms. The number of hydrogen-bond donors (Lipinski definition) is 1. The van der Waals surface area contributed by atoms with Crippen molar-refractivity contribution in [3.05, 3.63) is 39.4 Å². The van der Waals surface area contributed by atoms with Crippen molar-refractivity contribution >= 4 is 38.9 Å². The Morgan fingerprint density at radius 1 is 1.31 bits per heavy atom. The van der Waals surface area contributed by atoms with Crippen molar-refractivity contribution in [1.29, 1.82) is 0 Å². The fourth-order valence-electron chi connectivity index (χ4n) is 4.30. The second-order valence-electron chi connectivity index (χ2n) is 8.19. The van der Waals surface area contributed by atoms with E-state index in [0.29, 0.717) is 48.7 Å². The van der Waals surface area contributed by atoms with Gasteiger partial charge in [0.25, 0.3) is 5.56 Å². The van der Waals surface area contributed by atoms with Crippen LogP contribution in [0, 0.1) is 4.77 Å². The van der Waals surface area contributed by atoms with Crippen LogP contribution >= 0.6 is 12.2 Å². The van der Waals surface area contributed by atoms with Crippen LogP contribution in [-0.2, 0) is 28.0 Å². The lowest BCUT2D eigenvalue weighted by molar-refractivity contribution is 0.153. The number of ether oxygens (including phenoxy) is 1. The van der Waals surface area contributed by atoms with Crippen molar-refractivity contribution in [1.82, 2.24) is 28.4 Å². The molecule has 4 rings (SSSR count). The first kappa shape index (κ1) is 23.1. The Morgan fingerprint density at radius 3 is 2.84 bits per heavy atom. The molecule has 1 saturated heterocycles. The molecule has 0 bridgehead atoms. The fraction of sp³-hybridized carbons (Fsp3) is 0.550. The summed E-state index contributed by atoms with van der Waals surface area (Å²) in [6.07, 6.45) is 3.52. The van der Waals surface area contributed by atoms with Crippen molar-refractivity contribution in [2.24, 2.45) is 0 Å². The summed E-state index contributed by atoms with van der Waals surface area (Å²) in [7, 11) is -1.63. The van der Waals surface area contributed by atoms with Crippen molar-refractivity contribution in [2.75, 3.05) is 33.1 Å². The molecule has 1 N–H and O–H groups in total. The van der Waals surface area contributed by atoms with Crippen LogP contribution in [0.1, 0.15) is 19.3 Å². The lowest BCUT2D eigenvalue weighted by Crippen LogP contribution is -2.47. The molecule has 174 valence electrons. The number of hydrogen-bond acceptors (Lipinski definition) is 7. The van der Waals surface area contributed by atoms with E-state index in [2.05, 4.69) is 9.62 Å². The van der Waals surface area contributed by atoms with E-state index in [9.17, 15) is 13.2 Å². The standard InChI is InChI=1S/C20H28N6O4S2/c1-30-12-6-11-24-18(27)16-8-3-4-9-17(16)26-19(24)21-25(20(26)31)14-23-10-5-7-15(13-23)22-32(2,28)29/h3-4,8-9,15,22H,5-7,10-14H2,1-2H3. The molecule has 10 nitrogen and oxygen atoms in total. The molecule has 1 aliphatic heterocycles. The lowest BCUT2D eigenvalue weighted by Gasteiger charge is -2.32. The summed E-state index contributed by atoms with van der Waals surface area (Å²) in [5.74, 6) is 0.498. The van der Waals surface area contributed by atoms with Crippen LogP contribution in [0.3, 0.4) is 0 Å². The van der Waals surface area contributed by atoms with Gasteiger partial charge in [-0.3, -0.25) is 18.7 Å². The third-order valence-electron chi connectivity index (χ3n) is 5.63. The van der Waals surface area contributed by atoms with Gasteiger partial charge in [-0.15, -0.1) is 5.10 Å². The van der Waals surface area contributed by atoms with Gasteiger partial charge in [-0.2, -0.15) is 0 Å². The summed E-state index contributed by atoms with van der Waals surface area (Å²) in [5, 5.41) is 5.30. The highest BCUT2D eigenvalue weighted by atomic mass is 32.2. The normalized spacial score (nSPS) is 18.0. The highest BCUT2D eigenvalue weighted by Gasteiger charge is 2.24. The SMILES string of the molecule is COCCCn1c(=O)c2ccccc2n2c(=S)n(CN3CCCC(NS(C)(=O)=O)C3)nc12. The topological polar surface area (TPSA) is 103 Å². The Kier molecular flexibility index (Phi) is 6.77. The van der Waals surface area contributed by atoms with Gasteiger partial charge in [-0.05, 0) is 43.6 Å². The molecule has 0 aliphatic carbocycles. The third kappa shape index (κ3) is 4.79. The number of nitrogens with zero attached hydrogens (tertiary/aromatic N) is 5. The van der Waals surface area contributed by atoms with Crippen LogP contribution < -0.4 is 10.3 Å². The molecular weight excluding hydrogens is 452 g/mol. The molecule has 1 atom stereocenters. The molecule has 1 unspecified atom stereocenters.